The molecule has 1 saturated carbocycles. The Balaban J connectivity index is 2.06. The molecule has 3 aliphatic rings. The third-order valence-electron chi connectivity index (χ3n) is 2.87. The van der Waals surface area contributed by atoms with Gasteiger partial charge in [-0.3, -0.25) is 4.79 Å². The molecule has 0 radical (unpaired) electrons. The second-order valence-electron chi connectivity index (χ2n) is 3.56. The number of hydrogen-bond donors (Lipinski definition) is 1. The summed E-state index contributed by atoms with van der Waals surface area (Å²) >= 11 is 0. The summed E-state index contributed by atoms with van der Waals surface area (Å²) in [6, 6.07) is 0. The SMILES string of the molecule is COC(=O)C12CC(CCN1)C2. The Morgan fingerprint density at radius 2 is 2.36 bits per heavy atom. The fraction of sp³-hybridized carbons (Fsp3) is 0.875. The van der Waals surface area contributed by atoms with Gasteiger partial charge in [-0.15, -0.1) is 0 Å². The van der Waals surface area contributed by atoms with Crippen LogP contribution in [0.2, 0.25) is 0 Å². The van der Waals surface area contributed by atoms with Crippen LogP contribution in [0, 0.1) is 5.92 Å². The van der Waals surface area contributed by atoms with Crippen LogP contribution in [-0.2, 0) is 9.53 Å². The van der Waals surface area contributed by atoms with Crippen molar-refractivity contribution in [3.05, 3.63) is 0 Å². The van der Waals surface area contributed by atoms with Gasteiger partial charge in [0.15, 0.2) is 0 Å². The van der Waals surface area contributed by atoms with Gasteiger partial charge in [-0.05, 0) is 31.7 Å². The molecule has 0 aromatic carbocycles. The van der Waals surface area contributed by atoms with Gasteiger partial charge in [0.1, 0.15) is 5.54 Å². The maximum absolute atomic E-state index is 11.2. The van der Waals surface area contributed by atoms with E-state index in [9.17, 15) is 4.79 Å². The van der Waals surface area contributed by atoms with Gasteiger partial charge < -0.3 is 10.1 Å². The highest BCUT2D eigenvalue weighted by Crippen LogP contribution is 2.43. The minimum absolute atomic E-state index is 0.0755. The predicted octanol–water partition coefficient (Wildman–Crippen LogP) is 0.301. The Hall–Kier alpha value is -0.570. The maximum atomic E-state index is 11.2. The van der Waals surface area contributed by atoms with Gasteiger partial charge >= 0.3 is 5.97 Å². The second-order valence-corrected chi connectivity index (χ2v) is 3.56. The van der Waals surface area contributed by atoms with Gasteiger partial charge in [0.25, 0.3) is 0 Å². The average Bonchev–Trinajstić information content (AvgIpc) is 2.02. The lowest BCUT2D eigenvalue weighted by molar-refractivity contribution is -0.157. The van der Waals surface area contributed by atoms with Crippen molar-refractivity contribution in [1.29, 1.82) is 0 Å². The first-order chi connectivity index (χ1) is 5.27. The Morgan fingerprint density at radius 3 is 2.82 bits per heavy atom. The quantitative estimate of drug-likeness (QED) is 0.553. The average molecular weight is 155 g/mol. The van der Waals surface area contributed by atoms with Crippen LogP contribution in [0.1, 0.15) is 19.3 Å². The highest BCUT2D eigenvalue weighted by atomic mass is 16.5. The number of rotatable bonds is 1. The lowest BCUT2D eigenvalue weighted by Crippen LogP contribution is -2.65. The fourth-order valence-electron chi connectivity index (χ4n) is 2.22. The van der Waals surface area contributed by atoms with Crippen LogP contribution in [-0.4, -0.2) is 25.2 Å². The molecule has 1 N–H and O–H groups in total. The lowest BCUT2D eigenvalue weighted by atomic mass is 9.64. The summed E-state index contributed by atoms with van der Waals surface area (Å²) in [4.78, 5) is 11.2. The Morgan fingerprint density at radius 1 is 1.64 bits per heavy atom. The monoisotopic (exact) mass is 155 g/mol. The van der Waals surface area contributed by atoms with Gasteiger partial charge in [-0.2, -0.15) is 0 Å². The maximum Gasteiger partial charge on any atom is 0.326 e. The van der Waals surface area contributed by atoms with Crippen LogP contribution in [0.4, 0.5) is 0 Å². The number of piperidine rings is 2. The van der Waals surface area contributed by atoms with E-state index in [4.69, 9.17) is 4.74 Å². The van der Waals surface area contributed by atoms with E-state index in [1.54, 1.807) is 0 Å². The Labute approximate surface area is 66.1 Å². The van der Waals surface area contributed by atoms with E-state index in [0.717, 1.165) is 25.3 Å². The number of nitrogens with one attached hydrogen (secondary N) is 1. The minimum atomic E-state index is -0.280. The molecule has 2 aliphatic heterocycles. The van der Waals surface area contributed by atoms with Gasteiger partial charge in [0.2, 0.25) is 0 Å². The Bertz CT molecular complexity index is 179. The molecule has 2 saturated heterocycles. The third kappa shape index (κ3) is 0.872. The topological polar surface area (TPSA) is 38.3 Å². The first-order valence-corrected chi connectivity index (χ1v) is 4.10. The van der Waals surface area contributed by atoms with E-state index >= 15 is 0 Å². The van der Waals surface area contributed by atoms with Crippen LogP contribution < -0.4 is 5.32 Å². The summed E-state index contributed by atoms with van der Waals surface area (Å²) in [7, 11) is 1.46. The summed E-state index contributed by atoms with van der Waals surface area (Å²) < 4.78 is 4.73. The van der Waals surface area contributed by atoms with Gasteiger partial charge in [-0.1, -0.05) is 0 Å². The molecular weight excluding hydrogens is 142 g/mol. The first-order valence-electron chi connectivity index (χ1n) is 4.10. The fourth-order valence-corrected chi connectivity index (χ4v) is 2.22. The van der Waals surface area contributed by atoms with Crippen molar-refractivity contribution in [1.82, 2.24) is 5.32 Å². The van der Waals surface area contributed by atoms with Crippen molar-refractivity contribution >= 4 is 5.97 Å². The van der Waals surface area contributed by atoms with E-state index in [0.29, 0.717) is 0 Å². The van der Waals surface area contributed by atoms with Crippen molar-refractivity contribution in [3.63, 3.8) is 0 Å². The molecule has 2 bridgehead atoms. The second kappa shape index (κ2) is 2.21. The number of methoxy groups -OCH3 is 1. The van der Waals surface area contributed by atoms with Crippen molar-refractivity contribution in [3.8, 4) is 0 Å². The van der Waals surface area contributed by atoms with Crippen molar-refractivity contribution in [2.45, 2.75) is 24.8 Å². The summed E-state index contributed by atoms with van der Waals surface area (Å²) in [5.41, 5.74) is -0.280. The lowest BCUT2D eigenvalue weighted by Gasteiger charge is -2.50. The zero-order valence-corrected chi connectivity index (χ0v) is 6.72. The summed E-state index contributed by atoms with van der Waals surface area (Å²) in [5, 5.41) is 3.24. The number of esters is 1. The number of ether oxygens (including phenoxy) is 1. The molecular formula is C8H13NO2. The summed E-state index contributed by atoms with van der Waals surface area (Å²) in [5.74, 6) is 0.698. The van der Waals surface area contributed by atoms with Crippen LogP contribution in [0.15, 0.2) is 0 Å². The molecule has 0 aromatic heterocycles. The molecule has 62 valence electrons. The number of carbonyl (C=O) groups excluding carboxylic acids is 1. The standard InChI is InChI=1S/C8H13NO2/c1-11-7(10)8-4-6(5-8)2-3-9-8/h6,9H,2-5H2,1H3. The van der Waals surface area contributed by atoms with Crippen molar-refractivity contribution in [2.75, 3.05) is 13.7 Å². The molecule has 11 heavy (non-hydrogen) atoms. The molecule has 0 spiro atoms. The van der Waals surface area contributed by atoms with E-state index in [-0.39, 0.29) is 11.5 Å². The van der Waals surface area contributed by atoms with Crippen LogP contribution >= 0.6 is 0 Å². The summed E-state index contributed by atoms with van der Waals surface area (Å²) in [6.07, 6.45) is 3.19. The molecule has 0 amide bonds. The van der Waals surface area contributed by atoms with Gasteiger partial charge in [0.05, 0.1) is 7.11 Å². The first kappa shape index (κ1) is 7.10. The van der Waals surface area contributed by atoms with Gasteiger partial charge in [0, 0.05) is 0 Å². The van der Waals surface area contributed by atoms with E-state index in [1.165, 1.54) is 13.5 Å². The van der Waals surface area contributed by atoms with Crippen LogP contribution in [0.25, 0.3) is 0 Å². The zero-order valence-electron chi connectivity index (χ0n) is 6.72. The van der Waals surface area contributed by atoms with Crippen LogP contribution in [0.3, 0.4) is 0 Å². The Kier molecular flexibility index (Phi) is 1.42. The van der Waals surface area contributed by atoms with E-state index in [2.05, 4.69) is 5.32 Å². The van der Waals surface area contributed by atoms with E-state index in [1.807, 2.05) is 0 Å². The molecule has 0 atom stereocenters. The van der Waals surface area contributed by atoms with Crippen LogP contribution in [0.5, 0.6) is 0 Å². The molecule has 3 rings (SSSR count). The zero-order chi connectivity index (χ0) is 7.90. The third-order valence-corrected chi connectivity index (χ3v) is 2.87. The smallest absolute Gasteiger partial charge is 0.326 e. The van der Waals surface area contributed by atoms with Crippen molar-refractivity contribution in [2.24, 2.45) is 5.92 Å². The van der Waals surface area contributed by atoms with Gasteiger partial charge in [-0.25, -0.2) is 0 Å². The largest absolute Gasteiger partial charge is 0.468 e. The molecule has 3 nitrogen and oxygen atoms in total. The molecule has 0 aromatic rings. The number of fused-ring (bicyclic) bond motifs is 2. The number of hydrogen-bond acceptors (Lipinski definition) is 3. The predicted molar refractivity (Wildman–Crippen MR) is 40.1 cm³/mol. The van der Waals surface area contributed by atoms with E-state index < -0.39 is 0 Å². The molecule has 1 aliphatic carbocycles. The highest BCUT2D eigenvalue weighted by molar-refractivity contribution is 5.82. The molecule has 3 heteroatoms. The highest BCUT2D eigenvalue weighted by Gasteiger charge is 2.53. The molecule has 2 heterocycles. The summed E-state index contributed by atoms with van der Waals surface area (Å²) in [6.45, 7) is 0.972. The normalized spacial score (nSPS) is 41.0. The number of carbonyl (C=O) groups is 1. The van der Waals surface area contributed by atoms with Crippen molar-refractivity contribution < 1.29 is 9.53 Å². The molecule has 3 fully saturated rings. The molecule has 0 unspecified atom stereocenters. The minimum Gasteiger partial charge on any atom is -0.468 e.